The Morgan fingerprint density at radius 2 is 1.48 bits per heavy atom. The second-order valence-corrected chi connectivity index (χ2v) is 8.43. The minimum absolute atomic E-state index is 0.634. The number of hydrogen-bond donors (Lipinski definition) is 0. The van der Waals surface area contributed by atoms with Gasteiger partial charge in [0, 0.05) is 22.4 Å². The maximum atomic E-state index is 6.29. The zero-order chi connectivity index (χ0) is 19.4. The van der Waals surface area contributed by atoms with E-state index in [-0.39, 0.29) is 0 Å². The van der Waals surface area contributed by atoms with E-state index in [0.29, 0.717) is 5.02 Å². The number of hydrogen-bond acceptors (Lipinski definition) is 3. The molecule has 2 aromatic heterocycles. The molecule has 0 fully saturated rings. The fraction of sp³-hybridized carbons (Fsp3) is 0. The van der Waals surface area contributed by atoms with Gasteiger partial charge in [0.2, 0.25) is 0 Å². The van der Waals surface area contributed by atoms with E-state index in [9.17, 15) is 0 Å². The summed E-state index contributed by atoms with van der Waals surface area (Å²) < 4.78 is 7.12. The summed E-state index contributed by atoms with van der Waals surface area (Å²) in [4.78, 5) is 4.89. The van der Waals surface area contributed by atoms with Crippen molar-refractivity contribution in [3.05, 3.63) is 90.0 Å². The average molecular weight is 412 g/mol. The molecule has 2 heterocycles. The van der Waals surface area contributed by atoms with Gasteiger partial charge in [-0.05, 0) is 23.3 Å². The quantitative estimate of drug-likeness (QED) is 0.287. The summed E-state index contributed by atoms with van der Waals surface area (Å²) in [5, 5.41) is 3.71. The zero-order valence-corrected chi connectivity index (χ0v) is 16.8. The molecule has 0 aliphatic carbocycles. The lowest BCUT2D eigenvalue weighted by Crippen LogP contribution is -1.79. The first-order chi connectivity index (χ1) is 14.3. The van der Waals surface area contributed by atoms with Crippen LogP contribution in [0.2, 0.25) is 5.02 Å². The number of halogens is 1. The van der Waals surface area contributed by atoms with E-state index in [1.165, 1.54) is 11.1 Å². The highest BCUT2D eigenvalue weighted by molar-refractivity contribution is 7.21. The lowest BCUT2D eigenvalue weighted by Gasteiger charge is -2.02. The van der Waals surface area contributed by atoms with E-state index in [0.717, 1.165) is 42.7 Å². The molecule has 0 spiro atoms. The van der Waals surface area contributed by atoms with Gasteiger partial charge in [0.15, 0.2) is 5.58 Å². The lowest BCUT2D eigenvalue weighted by atomic mass is 10.0. The minimum atomic E-state index is 0.634. The molecule has 138 valence electrons. The molecule has 0 saturated heterocycles. The molecule has 29 heavy (non-hydrogen) atoms. The van der Waals surface area contributed by atoms with E-state index in [4.69, 9.17) is 21.0 Å². The Kier molecular flexibility index (Phi) is 3.73. The molecule has 0 N–H and O–H groups in total. The van der Waals surface area contributed by atoms with Crippen LogP contribution in [-0.2, 0) is 0 Å². The lowest BCUT2D eigenvalue weighted by molar-refractivity contribution is 0.669. The highest BCUT2D eigenvalue weighted by atomic mass is 35.5. The molecule has 0 amide bonds. The molecule has 6 rings (SSSR count). The van der Waals surface area contributed by atoms with Crippen LogP contribution in [-0.4, -0.2) is 4.98 Å². The number of thiazole rings is 1. The van der Waals surface area contributed by atoms with Crippen LogP contribution in [0.25, 0.3) is 53.9 Å². The van der Waals surface area contributed by atoms with E-state index in [2.05, 4.69) is 60.7 Å². The summed E-state index contributed by atoms with van der Waals surface area (Å²) >= 11 is 7.97. The summed E-state index contributed by atoms with van der Waals surface area (Å²) in [6.07, 6.45) is 0. The molecule has 4 aromatic carbocycles. The summed E-state index contributed by atoms with van der Waals surface area (Å²) in [5.41, 5.74) is 6.10. The van der Waals surface area contributed by atoms with Gasteiger partial charge in [-0.3, -0.25) is 0 Å². The third kappa shape index (κ3) is 2.74. The summed E-state index contributed by atoms with van der Waals surface area (Å²) in [6.45, 7) is 0. The first kappa shape index (κ1) is 16.8. The van der Waals surface area contributed by atoms with Crippen LogP contribution in [0, 0.1) is 0 Å². The van der Waals surface area contributed by atoms with Crippen molar-refractivity contribution in [1.82, 2.24) is 4.98 Å². The van der Waals surface area contributed by atoms with Crippen LogP contribution in [0.4, 0.5) is 0 Å². The number of fused-ring (bicyclic) bond motifs is 4. The topological polar surface area (TPSA) is 26.0 Å². The molecule has 4 heteroatoms. The number of benzene rings is 4. The van der Waals surface area contributed by atoms with Gasteiger partial charge < -0.3 is 4.42 Å². The third-order valence-electron chi connectivity index (χ3n) is 5.20. The second-order valence-electron chi connectivity index (χ2n) is 7.00. The smallest absolute Gasteiger partial charge is 0.153 e. The third-order valence-corrected chi connectivity index (χ3v) is 6.56. The Hall–Kier alpha value is -3.14. The highest BCUT2D eigenvalue weighted by Crippen LogP contribution is 2.38. The normalized spacial score (nSPS) is 11.6. The molecule has 0 aliphatic rings. The Labute approximate surface area is 176 Å². The molecule has 0 atom stereocenters. The van der Waals surface area contributed by atoms with Crippen molar-refractivity contribution in [2.75, 3.05) is 0 Å². The zero-order valence-electron chi connectivity index (χ0n) is 15.2. The largest absolute Gasteiger partial charge is 0.454 e. The Balaban J connectivity index is 1.45. The molecule has 0 unspecified atom stereocenters. The molecular weight excluding hydrogens is 398 g/mol. The molecule has 0 saturated carbocycles. The van der Waals surface area contributed by atoms with Crippen LogP contribution >= 0.6 is 22.9 Å². The average Bonchev–Trinajstić information content (AvgIpc) is 3.34. The molecule has 0 radical (unpaired) electrons. The second kappa shape index (κ2) is 6.45. The maximum absolute atomic E-state index is 6.29. The van der Waals surface area contributed by atoms with Crippen LogP contribution in [0.1, 0.15) is 0 Å². The fourth-order valence-electron chi connectivity index (χ4n) is 3.74. The SMILES string of the molecule is Clc1cccc2c1oc1cc3sc(-c4ccc(-c5ccccc5)cc4)nc3cc12. The van der Waals surface area contributed by atoms with Gasteiger partial charge in [0.05, 0.1) is 15.2 Å². The van der Waals surface area contributed by atoms with Crippen LogP contribution in [0.5, 0.6) is 0 Å². The van der Waals surface area contributed by atoms with Gasteiger partial charge in [-0.15, -0.1) is 11.3 Å². The van der Waals surface area contributed by atoms with Crippen molar-refractivity contribution in [1.29, 1.82) is 0 Å². The summed E-state index contributed by atoms with van der Waals surface area (Å²) in [5.74, 6) is 0. The Bertz CT molecular complexity index is 1500. The van der Waals surface area contributed by atoms with E-state index in [1.807, 2.05) is 24.3 Å². The number of nitrogens with zero attached hydrogens (tertiary/aromatic N) is 1. The Morgan fingerprint density at radius 3 is 2.31 bits per heavy atom. The van der Waals surface area contributed by atoms with Gasteiger partial charge in [0.1, 0.15) is 10.6 Å². The van der Waals surface area contributed by atoms with Gasteiger partial charge in [-0.2, -0.15) is 0 Å². The molecule has 6 aromatic rings. The Morgan fingerprint density at radius 1 is 0.724 bits per heavy atom. The monoisotopic (exact) mass is 411 g/mol. The predicted molar refractivity (Wildman–Crippen MR) is 123 cm³/mol. The molecule has 2 nitrogen and oxygen atoms in total. The van der Waals surface area contributed by atoms with E-state index in [1.54, 1.807) is 11.3 Å². The van der Waals surface area contributed by atoms with Gasteiger partial charge in [-0.25, -0.2) is 4.98 Å². The van der Waals surface area contributed by atoms with Crippen LogP contribution in [0.3, 0.4) is 0 Å². The van der Waals surface area contributed by atoms with Crippen molar-refractivity contribution < 1.29 is 4.42 Å². The maximum Gasteiger partial charge on any atom is 0.153 e. The number of para-hydroxylation sites is 1. The minimum Gasteiger partial charge on any atom is -0.454 e. The fourth-order valence-corrected chi connectivity index (χ4v) is 4.94. The van der Waals surface area contributed by atoms with Crippen molar-refractivity contribution in [2.45, 2.75) is 0 Å². The van der Waals surface area contributed by atoms with Gasteiger partial charge in [-0.1, -0.05) is 78.3 Å². The van der Waals surface area contributed by atoms with Crippen LogP contribution < -0.4 is 0 Å². The molecule has 0 bridgehead atoms. The summed E-state index contributed by atoms with van der Waals surface area (Å²) in [7, 11) is 0. The highest BCUT2D eigenvalue weighted by Gasteiger charge is 2.14. The predicted octanol–water partition coefficient (Wildman–Crippen LogP) is 8.18. The standard InChI is InChI=1S/C25H14ClNOS/c26-20-8-4-7-18-19-13-21-23(14-22(19)28-24(18)20)29-25(27-21)17-11-9-16(10-12-17)15-5-2-1-3-6-15/h1-14H. The van der Waals surface area contributed by atoms with Crippen molar-refractivity contribution in [2.24, 2.45) is 0 Å². The molecule has 0 aliphatic heterocycles. The van der Waals surface area contributed by atoms with Gasteiger partial charge >= 0.3 is 0 Å². The van der Waals surface area contributed by atoms with Crippen molar-refractivity contribution in [3.8, 4) is 21.7 Å². The van der Waals surface area contributed by atoms with E-state index < -0.39 is 0 Å². The first-order valence-corrected chi connectivity index (χ1v) is 10.5. The number of aromatic nitrogens is 1. The first-order valence-electron chi connectivity index (χ1n) is 9.33. The van der Waals surface area contributed by atoms with Crippen molar-refractivity contribution in [3.63, 3.8) is 0 Å². The number of rotatable bonds is 2. The van der Waals surface area contributed by atoms with E-state index >= 15 is 0 Å². The van der Waals surface area contributed by atoms with Crippen LogP contribution in [0.15, 0.2) is 89.3 Å². The number of furan rings is 1. The summed E-state index contributed by atoms with van der Waals surface area (Å²) in [6, 6.07) is 29.0. The van der Waals surface area contributed by atoms with Crippen molar-refractivity contribution >= 4 is 55.1 Å². The van der Waals surface area contributed by atoms with Gasteiger partial charge in [0.25, 0.3) is 0 Å². The molecular formula is C25H14ClNOS.